The van der Waals surface area contributed by atoms with E-state index in [4.69, 9.17) is 16.0 Å². The van der Waals surface area contributed by atoms with Crippen molar-refractivity contribution in [3.8, 4) is 17.1 Å². The highest BCUT2D eigenvalue weighted by Crippen LogP contribution is 2.27. The number of aromatic hydroxyl groups is 1. The summed E-state index contributed by atoms with van der Waals surface area (Å²) in [5.41, 5.74) is 0.934. The molecule has 4 heteroatoms. The van der Waals surface area contributed by atoms with Gasteiger partial charge in [-0.15, -0.1) is 0 Å². The van der Waals surface area contributed by atoms with Gasteiger partial charge in [-0.2, -0.15) is 0 Å². The molecular weight excluding hydrogens is 264 g/mol. The zero-order valence-electron chi connectivity index (χ0n) is 9.76. The average molecular weight is 273 g/mol. The molecule has 0 saturated carbocycles. The Bertz CT molecular complexity index is 804. The summed E-state index contributed by atoms with van der Waals surface area (Å²) in [6, 6.07) is 12.9. The number of rotatable bonds is 1. The van der Waals surface area contributed by atoms with Crippen molar-refractivity contribution in [2.45, 2.75) is 0 Å². The molecule has 2 aromatic carbocycles. The largest absolute Gasteiger partial charge is 0.508 e. The summed E-state index contributed by atoms with van der Waals surface area (Å²) in [4.78, 5) is 12.0. The number of para-hydroxylation sites is 1. The van der Waals surface area contributed by atoms with E-state index in [0.29, 0.717) is 27.3 Å². The fourth-order valence-corrected chi connectivity index (χ4v) is 2.12. The first-order valence-electron chi connectivity index (χ1n) is 5.67. The molecule has 0 radical (unpaired) electrons. The molecule has 1 aromatic heterocycles. The van der Waals surface area contributed by atoms with Crippen LogP contribution in [0.1, 0.15) is 0 Å². The number of phenols is 1. The normalized spacial score (nSPS) is 10.8. The summed E-state index contributed by atoms with van der Waals surface area (Å²) in [6.07, 6.45) is 0. The molecule has 1 heterocycles. The second kappa shape index (κ2) is 4.44. The van der Waals surface area contributed by atoms with Crippen LogP contribution in [-0.4, -0.2) is 5.11 Å². The van der Waals surface area contributed by atoms with E-state index in [1.54, 1.807) is 30.3 Å². The third-order valence-corrected chi connectivity index (χ3v) is 3.16. The van der Waals surface area contributed by atoms with E-state index < -0.39 is 0 Å². The number of hydrogen-bond acceptors (Lipinski definition) is 3. The fraction of sp³-hybridized carbons (Fsp3) is 0. The summed E-state index contributed by atoms with van der Waals surface area (Å²) in [7, 11) is 0. The second-order valence-electron chi connectivity index (χ2n) is 4.14. The monoisotopic (exact) mass is 272 g/mol. The molecule has 3 nitrogen and oxygen atoms in total. The molecular formula is C15H9ClO3. The molecule has 1 N–H and O–H groups in total. The van der Waals surface area contributed by atoms with Gasteiger partial charge in [0.15, 0.2) is 11.0 Å². The highest BCUT2D eigenvalue weighted by molar-refractivity contribution is 6.34. The second-order valence-corrected chi connectivity index (χ2v) is 4.55. The molecule has 0 aliphatic rings. The van der Waals surface area contributed by atoms with E-state index in [1.165, 1.54) is 18.2 Å². The number of phenolic OH excluding ortho intramolecular Hbond substituents is 1. The first-order valence-corrected chi connectivity index (χ1v) is 6.05. The Kier molecular flexibility index (Phi) is 2.76. The van der Waals surface area contributed by atoms with Gasteiger partial charge >= 0.3 is 0 Å². The lowest BCUT2D eigenvalue weighted by molar-refractivity contribution is 0.475. The van der Waals surface area contributed by atoms with Gasteiger partial charge in [-0.3, -0.25) is 4.79 Å². The van der Waals surface area contributed by atoms with Gasteiger partial charge in [0.25, 0.3) is 0 Å². The van der Waals surface area contributed by atoms with Gasteiger partial charge in [-0.25, -0.2) is 0 Å². The minimum Gasteiger partial charge on any atom is -0.508 e. The van der Waals surface area contributed by atoms with E-state index in [9.17, 15) is 9.90 Å². The standard InChI is InChI=1S/C15H9ClO3/c16-12-3-1-2-11-13(18)8-14(19-15(11)12)9-4-6-10(17)7-5-9/h1-8,17H. The lowest BCUT2D eigenvalue weighted by Gasteiger charge is -2.04. The highest BCUT2D eigenvalue weighted by atomic mass is 35.5. The summed E-state index contributed by atoms with van der Waals surface area (Å²) in [6.45, 7) is 0. The third-order valence-electron chi connectivity index (χ3n) is 2.86. The highest BCUT2D eigenvalue weighted by Gasteiger charge is 2.09. The van der Waals surface area contributed by atoms with Gasteiger partial charge in [-0.05, 0) is 36.4 Å². The number of benzene rings is 2. The van der Waals surface area contributed by atoms with Crippen molar-refractivity contribution < 1.29 is 9.52 Å². The first-order chi connectivity index (χ1) is 9.15. The van der Waals surface area contributed by atoms with Crippen LogP contribution in [-0.2, 0) is 0 Å². The van der Waals surface area contributed by atoms with Crippen molar-refractivity contribution in [1.29, 1.82) is 0 Å². The van der Waals surface area contributed by atoms with E-state index in [0.717, 1.165) is 0 Å². The fourth-order valence-electron chi connectivity index (χ4n) is 1.91. The Hall–Kier alpha value is -2.26. The summed E-state index contributed by atoms with van der Waals surface area (Å²) in [5.74, 6) is 0.579. The Labute approximate surface area is 113 Å². The predicted molar refractivity (Wildman–Crippen MR) is 74.6 cm³/mol. The number of fused-ring (bicyclic) bond motifs is 1. The maximum absolute atomic E-state index is 12.0. The van der Waals surface area contributed by atoms with Gasteiger partial charge in [0.1, 0.15) is 11.5 Å². The summed E-state index contributed by atoms with van der Waals surface area (Å²) < 4.78 is 5.69. The molecule has 0 atom stereocenters. The van der Waals surface area contributed by atoms with Gasteiger partial charge < -0.3 is 9.52 Å². The van der Waals surface area contributed by atoms with Crippen LogP contribution in [0.2, 0.25) is 5.02 Å². The van der Waals surface area contributed by atoms with Crippen LogP contribution in [0.15, 0.2) is 57.7 Å². The van der Waals surface area contributed by atoms with Crippen molar-refractivity contribution in [2.24, 2.45) is 0 Å². The zero-order valence-corrected chi connectivity index (χ0v) is 10.5. The number of hydrogen-bond donors (Lipinski definition) is 1. The summed E-state index contributed by atoms with van der Waals surface area (Å²) >= 11 is 6.04. The van der Waals surface area contributed by atoms with Crippen LogP contribution < -0.4 is 5.43 Å². The first kappa shape index (κ1) is 11.8. The van der Waals surface area contributed by atoms with Crippen molar-refractivity contribution in [1.82, 2.24) is 0 Å². The lowest BCUT2D eigenvalue weighted by Crippen LogP contribution is -2.00. The van der Waals surface area contributed by atoms with E-state index in [2.05, 4.69) is 0 Å². The zero-order chi connectivity index (χ0) is 13.4. The van der Waals surface area contributed by atoms with Crippen LogP contribution in [0.3, 0.4) is 0 Å². The summed E-state index contributed by atoms with van der Waals surface area (Å²) in [5, 5.41) is 10.1. The molecule has 0 saturated heterocycles. The van der Waals surface area contributed by atoms with Crippen molar-refractivity contribution in [2.75, 3.05) is 0 Å². The topological polar surface area (TPSA) is 50.4 Å². The molecule has 0 bridgehead atoms. The van der Waals surface area contributed by atoms with Crippen molar-refractivity contribution in [3.63, 3.8) is 0 Å². The predicted octanol–water partition coefficient (Wildman–Crippen LogP) is 3.82. The molecule has 0 fully saturated rings. The minimum atomic E-state index is -0.146. The van der Waals surface area contributed by atoms with Crippen LogP contribution >= 0.6 is 11.6 Å². The minimum absolute atomic E-state index is 0.146. The lowest BCUT2D eigenvalue weighted by atomic mass is 10.1. The molecule has 0 amide bonds. The Morgan fingerprint density at radius 2 is 1.79 bits per heavy atom. The van der Waals surface area contributed by atoms with Gasteiger partial charge in [0, 0.05) is 11.6 Å². The maximum atomic E-state index is 12.0. The molecule has 0 spiro atoms. The molecule has 0 unspecified atom stereocenters. The molecule has 3 rings (SSSR count). The number of halogens is 1. The third kappa shape index (κ3) is 2.09. The smallest absolute Gasteiger partial charge is 0.193 e. The van der Waals surface area contributed by atoms with E-state index >= 15 is 0 Å². The van der Waals surface area contributed by atoms with Crippen LogP contribution in [0.25, 0.3) is 22.3 Å². The van der Waals surface area contributed by atoms with Gasteiger partial charge in [0.2, 0.25) is 0 Å². The van der Waals surface area contributed by atoms with Crippen LogP contribution in [0.4, 0.5) is 0 Å². The molecule has 0 aliphatic carbocycles. The molecule has 3 aromatic rings. The van der Waals surface area contributed by atoms with Gasteiger partial charge in [0.05, 0.1) is 10.4 Å². The molecule has 19 heavy (non-hydrogen) atoms. The van der Waals surface area contributed by atoms with E-state index in [1.807, 2.05) is 0 Å². The average Bonchev–Trinajstić information content (AvgIpc) is 2.41. The van der Waals surface area contributed by atoms with Crippen LogP contribution in [0.5, 0.6) is 5.75 Å². The quantitative estimate of drug-likeness (QED) is 0.733. The SMILES string of the molecule is O=c1cc(-c2ccc(O)cc2)oc2c(Cl)cccc12. The maximum Gasteiger partial charge on any atom is 0.193 e. The molecule has 0 aliphatic heterocycles. The van der Waals surface area contributed by atoms with Gasteiger partial charge in [-0.1, -0.05) is 17.7 Å². The van der Waals surface area contributed by atoms with E-state index in [-0.39, 0.29) is 11.2 Å². The van der Waals surface area contributed by atoms with Crippen LogP contribution in [0, 0.1) is 0 Å². The Balaban J connectivity index is 2.29. The Morgan fingerprint density at radius 3 is 2.53 bits per heavy atom. The molecule has 94 valence electrons. The Morgan fingerprint density at radius 1 is 1.05 bits per heavy atom. The van der Waals surface area contributed by atoms with Crippen molar-refractivity contribution in [3.05, 3.63) is 63.8 Å². The van der Waals surface area contributed by atoms with Crippen molar-refractivity contribution >= 4 is 22.6 Å².